The predicted octanol–water partition coefficient (Wildman–Crippen LogP) is 2.30. The molecule has 1 saturated carbocycles. The Bertz CT molecular complexity index is 331. The van der Waals surface area contributed by atoms with Gasteiger partial charge in [0.15, 0.2) is 5.79 Å². The molecule has 1 aliphatic carbocycles. The largest absolute Gasteiger partial charge is 0.348 e. The van der Waals surface area contributed by atoms with Gasteiger partial charge in [-0.1, -0.05) is 6.42 Å². The second-order valence-electron chi connectivity index (χ2n) is 6.12. The number of ether oxygens (including phenoxy) is 2. The van der Waals surface area contributed by atoms with E-state index in [-0.39, 0.29) is 11.8 Å². The number of hydrogen-bond acceptors (Lipinski definition) is 4. The second-order valence-corrected chi connectivity index (χ2v) is 6.12. The van der Waals surface area contributed by atoms with Crippen molar-refractivity contribution in [3.63, 3.8) is 0 Å². The van der Waals surface area contributed by atoms with Gasteiger partial charge in [-0.25, -0.2) is 0 Å². The normalized spacial score (nSPS) is 30.3. The van der Waals surface area contributed by atoms with Crippen LogP contribution in [0.2, 0.25) is 0 Å². The predicted molar refractivity (Wildman–Crippen MR) is 71.4 cm³/mol. The van der Waals surface area contributed by atoms with E-state index in [1.807, 2.05) is 0 Å². The molecule has 0 aromatic carbocycles. The fraction of sp³-hybridized carbons (Fsp3) is 0.933. The molecule has 0 amide bonds. The summed E-state index contributed by atoms with van der Waals surface area (Å²) in [5, 5.41) is 9.53. The maximum absolute atomic E-state index is 9.53. The van der Waals surface area contributed by atoms with E-state index in [4.69, 9.17) is 9.47 Å². The van der Waals surface area contributed by atoms with Gasteiger partial charge in [-0.3, -0.25) is 4.90 Å². The number of rotatable bonds is 2. The molecule has 4 nitrogen and oxygen atoms in total. The zero-order valence-electron chi connectivity index (χ0n) is 11.6. The highest BCUT2D eigenvalue weighted by molar-refractivity contribution is 5.00. The summed E-state index contributed by atoms with van der Waals surface area (Å²) in [5.74, 6) is 0.208. The highest BCUT2D eigenvalue weighted by Gasteiger charge is 2.43. The van der Waals surface area contributed by atoms with Crippen molar-refractivity contribution in [2.75, 3.05) is 26.3 Å². The minimum atomic E-state index is -0.293. The van der Waals surface area contributed by atoms with Gasteiger partial charge in [0.25, 0.3) is 0 Å². The smallest absolute Gasteiger partial charge is 0.168 e. The fourth-order valence-electron chi connectivity index (χ4n) is 3.86. The highest BCUT2D eigenvalue weighted by Crippen LogP contribution is 2.40. The van der Waals surface area contributed by atoms with Crippen LogP contribution in [0.25, 0.3) is 0 Å². The number of hydrogen-bond donors (Lipinski definition) is 0. The van der Waals surface area contributed by atoms with Crippen molar-refractivity contribution >= 4 is 0 Å². The maximum atomic E-state index is 9.53. The molecule has 1 atom stereocenters. The summed E-state index contributed by atoms with van der Waals surface area (Å²) in [6.45, 7) is 3.68. The summed E-state index contributed by atoms with van der Waals surface area (Å²) in [6.07, 6.45) is 7.88. The van der Waals surface area contributed by atoms with Crippen molar-refractivity contribution in [1.29, 1.82) is 5.26 Å². The summed E-state index contributed by atoms with van der Waals surface area (Å²) in [5.41, 5.74) is 0. The summed E-state index contributed by atoms with van der Waals surface area (Å²) in [4.78, 5) is 2.41. The third-order valence-electron chi connectivity index (χ3n) is 4.97. The van der Waals surface area contributed by atoms with E-state index in [1.54, 1.807) is 0 Å². The van der Waals surface area contributed by atoms with Crippen LogP contribution in [0.4, 0.5) is 0 Å². The maximum Gasteiger partial charge on any atom is 0.168 e. The fourth-order valence-corrected chi connectivity index (χ4v) is 3.86. The Morgan fingerprint density at radius 2 is 1.68 bits per heavy atom. The lowest BCUT2D eigenvalue weighted by Gasteiger charge is -2.40. The molecule has 0 aromatic rings. The Morgan fingerprint density at radius 1 is 1.05 bits per heavy atom. The number of piperidine rings is 1. The van der Waals surface area contributed by atoms with E-state index in [0.717, 1.165) is 52.0 Å². The van der Waals surface area contributed by atoms with Crippen molar-refractivity contribution in [2.45, 2.75) is 56.8 Å². The van der Waals surface area contributed by atoms with Crippen LogP contribution in [-0.2, 0) is 9.47 Å². The molecule has 0 bridgehead atoms. The van der Waals surface area contributed by atoms with Crippen LogP contribution in [0.5, 0.6) is 0 Å². The Balaban J connectivity index is 1.58. The van der Waals surface area contributed by atoms with Crippen molar-refractivity contribution in [3.8, 4) is 6.07 Å². The molecule has 3 rings (SSSR count). The van der Waals surface area contributed by atoms with Crippen LogP contribution in [-0.4, -0.2) is 43.0 Å². The Kier molecular flexibility index (Phi) is 4.07. The van der Waals surface area contributed by atoms with Crippen LogP contribution >= 0.6 is 0 Å². The van der Waals surface area contributed by atoms with E-state index < -0.39 is 0 Å². The van der Waals surface area contributed by atoms with E-state index >= 15 is 0 Å². The first-order valence-corrected chi connectivity index (χ1v) is 7.75. The van der Waals surface area contributed by atoms with Crippen molar-refractivity contribution in [3.05, 3.63) is 0 Å². The molecule has 3 aliphatic rings. The van der Waals surface area contributed by atoms with Gasteiger partial charge in [0.2, 0.25) is 0 Å². The first kappa shape index (κ1) is 13.4. The SMILES string of the molecule is N#CC(C1CCC2(CC1)OCCO2)N1CCCCC1. The van der Waals surface area contributed by atoms with Gasteiger partial charge in [-0.2, -0.15) is 5.26 Å². The third kappa shape index (κ3) is 2.79. The Labute approximate surface area is 115 Å². The molecule has 1 unspecified atom stereocenters. The van der Waals surface area contributed by atoms with Crippen LogP contribution in [0.15, 0.2) is 0 Å². The van der Waals surface area contributed by atoms with E-state index in [9.17, 15) is 5.26 Å². The molecular formula is C15H24N2O2. The third-order valence-corrected chi connectivity index (χ3v) is 4.97. The zero-order valence-corrected chi connectivity index (χ0v) is 11.6. The van der Waals surface area contributed by atoms with Gasteiger partial charge < -0.3 is 9.47 Å². The van der Waals surface area contributed by atoms with Crippen LogP contribution < -0.4 is 0 Å². The van der Waals surface area contributed by atoms with Crippen LogP contribution in [0.3, 0.4) is 0 Å². The van der Waals surface area contributed by atoms with Crippen molar-refractivity contribution < 1.29 is 9.47 Å². The second kappa shape index (κ2) is 5.78. The summed E-state index contributed by atoms with van der Waals surface area (Å²) in [7, 11) is 0. The molecule has 0 radical (unpaired) electrons. The van der Waals surface area contributed by atoms with Gasteiger partial charge in [-0.15, -0.1) is 0 Å². The molecular weight excluding hydrogens is 240 g/mol. The molecule has 2 saturated heterocycles. The standard InChI is InChI=1S/C15H24N2O2/c16-12-14(17-8-2-1-3-9-17)13-4-6-15(7-5-13)18-10-11-19-15/h13-14H,1-11H2. The average Bonchev–Trinajstić information content (AvgIpc) is 2.92. The van der Waals surface area contributed by atoms with Crippen LogP contribution in [0.1, 0.15) is 44.9 Å². The Hall–Kier alpha value is -0.630. The molecule has 1 spiro atoms. The minimum absolute atomic E-state index is 0.110. The quantitative estimate of drug-likeness (QED) is 0.767. The van der Waals surface area contributed by atoms with Crippen molar-refractivity contribution in [1.82, 2.24) is 4.90 Å². The lowest BCUT2D eigenvalue weighted by atomic mass is 9.80. The van der Waals surface area contributed by atoms with Gasteiger partial charge in [-0.05, 0) is 44.7 Å². The molecule has 0 N–H and O–H groups in total. The number of nitriles is 1. The molecule has 4 heteroatoms. The van der Waals surface area contributed by atoms with E-state index in [2.05, 4.69) is 11.0 Å². The molecule has 2 aliphatic heterocycles. The van der Waals surface area contributed by atoms with Gasteiger partial charge >= 0.3 is 0 Å². The summed E-state index contributed by atoms with van der Waals surface area (Å²) >= 11 is 0. The first-order valence-electron chi connectivity index (χ1n) is 7.75. The van der Waals surface area contributed by atoms with Crippen molar-refractivity contribution in [2.24, 2.45) is 5.92 Å². The molecule has 19 heavy (non-hydrogen) atoms. The zero-order chi connectivity index (χ0) is 13.1. The highest BCUT2D eigenvalue weighted by atomic mass is 16.7. The Morgan fingerprint density at radius 3 is 2.26 bits per heavy atom. The minimum Gasteiger partial charge on any atom is -0.348 e. The summed E-state index contributed by atoms with van der Waals surface area (Å²) < 4.78 is 11.5. The topological polar surface area (TPSA) is 45.5 Å². The van der Waals surface area contributed by atoms with Gasteiger partial charge in [0.05, 0.1) is 19.3 Å². The molecule has 106 valence electrons. The van der Waals surface area contributed by atoms with E-state index in [1.165, 1.54) is 19.3 Å². The number of nitrogens with zero attached hydrogens (tertiary/aromatic N) is 2. The molecule has 0 aromatic heterocycles. The van der Waals surface area contributed by atoms with Gasteiger partial charge in [0.1, 0.15) is 6.04 Å². The van der Waals surface area contributed by atoms with E-state index in [0.29, 0.717) is 5.92 Å². The average molecular weight is 264 g/mol. The molecule has 2 heterocycles. The lowest BCUT2D eigenvalue weighted by molar-refractivity contribution is -0.184. The van der Waals surface area contributed by atoms with Crippen LogP contribution in [0, 0.1) is 17.2 Å². The van der Waals surface area contributed by atoms with Gasteiger partial charge in [0, 0.05) is 12.8 Å². The number of likely N-dealkylation sites (tertiary alicyclic amines) is 1. The molecule has 3 fully saturated rings. The monoisotopic (exact) mass is 264 g/mol. The lowest BCUT2D eigenvalue weighted by Crippen LogP contribution is -2.46. The first-order chi connectivity index (χ1) is 9.33. The summed E-state index contributed by atoms with van der Waals surface area (Å²) in [6, 6.07) is 2.68.